The summed E-state index contributed by atoms with van der Waals surface area (Å²) in [4.78, 5) is 2.40. The van der Waals surface area contributed by atoms with E-state index >= 15 is 0 Å². The Morgan fingerprint density at radius 3 is 2.17 bits per heavy atom. The maximum Gasteiger partial charge on any atom is 0.0278 e. The zero-order chi connectivity index (χ0) is 9.03. The van der Waals surface area contributed by atoms with Crippen molar-refractivity contribution in [3.63, 3.8) is 0 Å². The summed E-state index contributed by atoms with van der Waals surface area (Å²) < 4.78 is 0. The Balaban J connectivity index is 2.36. The molecule has 0 unspecified atom stereocenters. The molecule has 0 fully saturated rings. The second kappa shape index (κ2) is 4.06. The van der Waals surface area contributed by atoms with Crippen LogP contribution in [0.4, 0.5) is 0 Å². The van der Waals surface area contributed by atoms with Gasteiger partial charge in [0.15, 0.2) is 0 Å². The van der Waals surface area contributed by atoms with Gasteiger partial charge in [-0.05, 0) is 12.8 Å². The van der Waals surface area contributed by atoms with E-state index in [-0.39, 0.29) is 5.54 Å². The number of nitrogens with two attached hydrogens (primary N) is 1. The third-order valence-corrected chi connectivity index (χ3v) is 2.84. The van der Waals surface area contributed by atoms with Crippen LogP contribution in [0, 0.1) is 0 Å². The Kier molecular flexibility index (Phi) is 3.29. The van der Waals surface area contributed by atoms with Gasteiger partial charge in [-0.2, -0.15) is 0 Å². The first-order chi connectivity index (χ1) is 5.70. The lowest BCUT2D eigenvalue weighted by Gasteiger charge is -2.31. The normalized spacial score (nSPS) is 18.9. The molecule has 0 atom stereocenters. The predicted octanol–water partition coefficient (Wildman–Crippen LogP) is 1.38. The van der Waals surface area contributed by atoms with Crippen LogP contribution in [0.5, 0.6) is 0 Å². The molecule has 0 bridgehead atoms. The molecule has 0 aromatic rings. The van der Waals surface area contributed by atoms with Crippen molar-refractivity contribution < 1.29 is 0 Å². The largest absolute Gasteiger partial charge is 0.324 e. The second-order valence-electron chi connectivity index (χ2n) is 3.73. The number of hydrogen-bond acceptors (Lipinski definition) is 2. The van der Waals surface area contributed by atoms with Crippen molar-refractivity contribution in [1.29, 1.82) is 0 Å². The number of hydrogen-bond donors (Lipinski definition) is 1. The third kappa shape index (κ3) is 2.32. The molecule has 70 valence electrons. The van der Waals surface area contributed by atoms with E-state index in [0.717, 1.165) is 32.5 Å². The van der Waals surface area contributed by atoms with Crippen LogP contribution in [0.25, 0.3) is 0 Å². The van der Waals surface area contributed by atoms with Crippen molar-refractivity contribution >= 4 is 0 Å². The minimum Gasteiger partial charge on any atom is -0.324 e. The number of rotatable bonds is 4. The van der Waals surface area contributed by atoms with E-state index in [4.69, 9.17) is 5.73 Å². The Hall–Kier alpha value is -0.340. The fourth-order valence-corrected chi connectivity index (χ4v) is 1.57. The van der Waals surface area contributed by atoms with Crippen molar-refractivity contribution in [2.45, 2.75) is 32.2 Å². The SMILES string of the molecule is CCC(N)(CC)CN1CC=CC1. The topological polar surface area (TPSA) is 29.3 Å². The first-order valence-corrected chi connectivity index (χ1v) is 4.86. The van der Waals surface area contributed by atoms with Crippen molar-refractivity contribution in [2.24, 2.45) is 5.73 Å². The van der Waals surface area contributed by atoms with Crippen LogP contribution in [0.1, 0.15) is 26.7 Å². The minimum atomic E-state index is 0.0338. The van der Waals surface area contributed by atoms with Gasteiger partial charge >= 0.3 is 0 Å². The lowest BCUT2D eigenvalue weighted by atomic mass is 9.94. The predicted molar refractivity (Wildman–Crippen MR) is 53.1 cm³/mol. The van der Waals surface area contributed by atoms with Crippen LogP contribution in [-0.2, 0) is 0 Å². The van der Waals surface area contributed by atoms with Crippen molar-refractivity contribution in [3.8, 4) is 0 Å². The molecule has 1 rings (SSSR count). The first kappa shape index (κ1) is 9.75. The first-order valence-electron chi connectivity index (χ1n) is 4.86. The highest BCUT2D eigenvalue weighted by Gasteiger charge is 2.23. The van der Waals surface area contributed by atoms with Gasteiger partial charge in [0.05, 0.1) is 0 Å². The summed E-state index contributed by atoms with van der Waals surface area (Å²) >= 11 is 0. The molecule has 0 aromatic carbocycles. The molecule has 0 aromatic heterocycles. The van der Waals surface area contributed by atoms with Crippen LogP contribution in [0.2, 0.25) is 0 Å². The van der Waals surface area contributed by atoms with Gasteiger partial charge in [0, 0.05) is 25.2 Å². The molecule has 12 heavy (non-hydrogen) atoms. The standard InChI is InChI=1S/C10H20N2/c1-3-10(11,4-2)9-12-7-5-6-8-12/h5-6H,3-4,7-9,11H2,1-2H3. The summed E-state index contributed by atoms with van der Waals surface area (Å²) in [6.45, 7) is 7.55. The van der Waals surface area contributed by atoms with Gasteiger partial charge in [-0.3, -0.25) is 4.90 Å². The number of nitrogens with zero attached hydrogens (tertiary/aromatic N) is 1. The minimum absolute atomic E-state index is 0.0338. The summed E-state index contributed by atoms with van der Waals surface area (Å²) in [6, 6.07) is 0. The molecule has 0 saturated heterocycles. The smallest absolute Gasteiger partial charge is 0.0278 e. The van der Waals surface area contributed by atoms with E-state index in [0.29, 0.717) is 0 Å². The van der Waals surface area contributed by atoms with Crippen LogP contribution in [0.3, 0.4) is 0 Å². The van der Waals surface area contributed by atoms with Crippen molar-refractivity contribution in [3.05, 3.63) is 12.2 Å². The highest BCUT2D eigenvalue weighted by molar-refractivity contribution is 4.98. The average molecular weight is 168 g/mol. The summed E-state index contributed by atoms with van der Waals surface area (Å²) in [5, 5.41) is 0. The molecule has 2 nitrogen and oxygen atoms in total. The van der Waals surface area contributed by atoms with Gasteiger partial charge in [-0.15, -0.1) is 0 Å². The highest BCUT2D eigenvalue weighted by Crippen LogP contribution is 2.14. The summed E-state index contributed by atoms with van der Waals surface area (Å²) in [7, 11) is 0. The quantitative estimate of drug-likeness (QED) is 0.642. The van der Waals surface area contributed by atoms with E-state index in [2.05, 4.69) is 30.9 Å². The van der Waals surface area contributed by atoms with Gasteiger partial charge in [0.25, 0.3) is 0 Å². The third-order valence-electron chi connectivity index (χ3n) is 2.84. The van der Waals surface area contributed by atoms with E-state index in [9.17, 15) is 0 Å². The van der Waals surface area contributed by atoms with Crippen LogP contribution < -0.4 is 5.73 Å². The Morgan fingerprint density at radius 2 is 1.75 bits per heavy atom. The fraction of sp³-hybridized carbons (Fsp3) is 0.800. The summed E-state index contributed by atoms with van der Waals surface area (Å²) in [5.74, 6) is 0. The maximum absolute atomic E-state index is 6.21. The molecule has 0 spiro atoms. The molecule has 1 aliphatic heterocycles. The van der Waals surface area contributed by atoms with E-state index < -0.39 is 0 Å². The lowest BCUT2D eigenvalue weighted by molar-refractivity contribution is 0.241. The molecule has 0 aliphatic carbocycles. The Bertz CT molecular complexity index is 151. The lowest BCUT2D eigenvalue weighted by Crippen LogP contribution is -2.48. The molecule has 0 radical (unpaired) electrons. The Morgan fingerprint density at radius 1 is 1.25 bits per heavy atom. The van der Waals surface area contributed by atoms with E-state index in [1.54, 1.807) is 0 Å². The van der Waals surface area contributed by atoms with Gasteiger partial charge < -0.3 is 5.73 Å². The molecule has 1 heterocycles. The van der Waals surface area contributed by atoms with Crippen LogP contribution in [-0.4, -0.2) is 30.1 Å². The van der Waals surface area contributed by atoms with Crippen molar-refractivity contribution in [1.82, 2.24) is 4.90 Å². The maximum atomic E-state index is 6.21. The molecule has 1 aliphatic rings. The summed E-state index contributed by atoms with van der Waals surface area (Å²) in [5.41, 5.74) is 6.24. The molecular weight excluding hydrogens is 148 g/mol. The second-order valence-corrected chi connectivity index (χ2v) is 3.73. The zero-order valence-electron chi connectivity index (χ0n) is 8.21. The van der Waals surface area contributed by atoms with Gasteiger partial charge in [-0.1, -0.05) is 26.0 Å². The van der Waals surface area contributed by atoms with E-state index in [1.165, 1.54) is 0 Å². The van der Waals surface area contributed by atoms with Crippen LogP contribution in [0.15, 0.2) is 12.2 Å². The van der Waals surface area contributed by atoms with Gasteiger partial charge in [0.2, 0.25) is 0 Å². The zero-order valence-corrected chi connectivity index (χ0v) is 8.21. The molecule has 2 N–H and O–H groups in total. The highest BCUT2D eigenvalue weighted by atomic mass is 15.1. The van der Waals surface area contributed by atoms with Crippen LogP contribution >= 0.6 is 0 Å². The molecule has 0 amide bonds. The molecular formula is C10H20N2. The molecule has 2 heteroatoms. The van der Waals surface area contributed by atoms with Crippen molar-refractivity contribution in [2.75, 3.05) is 19.6 Å². The Labute approximate surface area is 75.4 Å². The summed E-state index contributed by atoms with van der Waals surface area (Å²) in [6.07, 6.45) is 6.57. The monoisotopic (exact) mass is 168 g/mol. The van der Waals surface area contributed by atoms with E-state index in [1.807, 2.05) is 0 Å². The fourth-order valence-electron chi connectivity index (χ4n) is 1.57. The molecule has 0 saturated carbocycles. The average Bonchev–Trinajstić information content (AvgIpc) is 2.57. The van der Waals surface area contributed by atoms with Gasteiger partial charge in [-0.25, -0.2) is 0 Å². The van der Waals surface area contributed by atoms with Gasteiger partial charge in [0.1, 0.15) is 0 Å².